The van der Waals surface area contributed by atoms with E-state index in [1.54, 1.807) is 28.9 Å². The summed E-state index contributed by atoms with van der Waals surface area (Å²) in [6.07, 6.45) is 6.60. The molecule has 4 nitrogen and oxygen atoms in total. The minimum Gasteiger partial charge on any atom is -0.467 e. The quantitative estimate of drug-likeness (QED) is 0.458. The van der Waals surface area contributed by atoms with Crippen molar-refractivity contribution in [3.63, 3.8) is 0 Å². The first-order chi connectivity index (χ1) is 14.3. The smallest absolute Gasteiger partial charge is 0.255 e. The van der Waals surface area contributed by atoms with Crippen LogP contribution in [0, 0.1) is 18.3 Å². The molecule has 4 rings (SSSR count). The molecule has 0 saturated carbocycles. The van der Waals surface area contributed by atoms with E-state index in [-0.39, 0.29) is 11.3 Å². The lowest BCUT2D eigenvalue weighted by molar-refractivity contribution is 0.0947. The highest BCUT2D eigenvalue weighted by Gasteiger charge is 2.33. The van der Waals surface area contributed by atoms with Gasteiger partial charge in [0.2, 0.25) is 0 Å². The second-order valence-electron chi connectivity index (χ2n) is 8.98. The molecule has 30 heavy (non-hydrogen) atoms. The molecule has 0 aromatic carbocycles. The summed E-state index contributed by atoms with van der Waals surface area (Å²) in [7, 11) is 0. The maximum Gasteiger partial charge on any atom is 0.255 e. The molecule has 0 aliphatic heterocycles. The second-order valence-corrected chi connectivity index (χ2v) is 11.0. The van der Waals surface area contributed by atoms with Gasteiger partial charge in [-0.15, -0.1) is 22.7 Å². The van der Waals surface area contributed by atoms with Crippen molar-refractivity contribution in [2.75, 3.05) is 0 Å². The number of nitrogens with zero attached hydrogens (tertiary/aromatic N) is 1. The van der Waals surface area contributed by atoms with Crippen LogP contribution in [0.1, 0.15) is 64.2 Å². The lowest BCUT2D eigenvalue weighted by atomic mass is 9.72. The molecule has 1 N–H and O–H groups in total. The van der Waals surface area contributed by atoms with Crippen LogP contribution in [-0.2, 0) is 19.4 Å². The van der Waals surface area contributed by atoms with E-state index in [1.807, 2.05) is 18.3 Å². The summed E-state index contributed by atoms with van der Waals surface area (Å²) in [6.45, 7) is 9.40. The molecule has 3 heterocycles. The Morgan fingerprint density at radius 2 is 2.20 bits per heavy atom. The van der Waals surface area contributed by atoms with E-state index >= 15 is 0 Å². The first-order valence-electron chi connectivity index (χ1n) is 10.4. The topological polar surface area (TPSA) is 54.6 Å². The summed E-state index contributed by atoms with van der Waals surface area (Å²) in [4.78, 5) is 20.4. The van der Waals surface area contributed by atoms with Crippen LogP contribution in [0.2, 0.25) is 0 Å². The number of rotatable bonds is 5. The normalized spacial score (nSPS) is 16.7. The Morgan fingerprint density at radius 3 is 2.87 bits per heavy atom. The predicted molar refractivity (Wildman–Crippen MR) is 125 cm³/mol. The third-order valence-corrected chi connectivity index (χ3v) is 8.02. The number of hydrogen-bond donors (Lipinski definition) is 1. The van der Waals surface area contributed by atoms with E-state index in [1.165, 1.54) is 16.0 Å². The monoisotopic (exact) mass is 440 g/mol. The van der Waals surface area contributed by atoms with Gasteiger partial charge in [0.25, 0.3) is 5.91 Å². The van der Waals surface area contributed by atoms with Crippen LogP contribution in [0.3, 0.4) is 0 Å². The molecule has 3 aromatic rings. The second kappa shape index (κ2) is 8.52. The maximum atomic E-state index is 13.2. The molecule has 0 unspecified atom stereocenters. The SMILES string of the molecule is Cc1ccsc1C=Nc1sc2c(c1C(=O)NCc1ccco1)CC[C@@H](C(C)(C)C)C2. The van der Waals surface area contributed by atoms with Crippen molar-refractivity contribution in [1.82, 2.24) is 5.32 Å². The van der Waals surface area contributed by atoms with E-state index in [4.69, 9.17) is 9.41 Å². The molecular formula is C24H28N2O2S2. The van der Waals surface area contributed by atoms with Crippen molar-refractivity contribution >= 4 is 39.8 Å². The number of aliphatic imine (C=N–C) groups is 1. The van der Waals surface area contributed by atoms with E-state index < -0.39 is 0 Å². The molecule has 158 valence electrons. The van der Waals surface area contributed by atoms with Crippen LogP contribution in [0.15, 0.2) is 39.3 Å². The number of amides is 1. The van der Waals surface area contributed by atoms with Crippen molar-refractivity contribution in [1.29, 1.82) is 0 Å². The summed E-state index contributed by atoms with van der Waals surface area (Å²) >= 11 is 3.36. The fraction of sp³-hybridized carbons (Fsp3) is 0.417. The summed E-state index contributed by atoms with van der Waals surface area (Å²) in [5, 5.41) is 5.92. The Kier molecular flexibility index (Phi) is 5.98. The number of nitrogens with one attached hydrogen (secondary N) is 1. The van der Waals surface area contributed by atoms with Crippen molar-refractivity contribution in [3.8, 4) is 0 Å². The van der Waals surface area contributed by atoms with Gasteiger partial charge < -0.3 is 9.73 Å². The number of carbonyl (C=O) groups excluding carboxylic acids is 1. The van der Waals surface area contributed by atoms with Gasteiger partial charge in [-0.25, -0.2) is 4.99 Å². The fourth-order valence-electron chi connectivity index (χ4n) is 3.94. The minimum absolute atomic E-state index is 0.0619. The summed E-state index contributed by atoms with van der Waals surface area (Å²) < 4.78 is 5.36. The van der Waals surface area contributed by atoms with Gasteiger partial charge in [0.05, 0.1) is 18.4 Å². The number of hydrogen-bond acceptors (Lipinski definition) is 5. The van der Waals surface area contributed by atoms with Gasteiger partial charge in [-0.3, -0.25) is 4.79 Å². The van der Waals surface area contributed by atoms with Crippen molar-refractivity contribution < 1.29 is 9.21 Å². The third-order valence-electron chi connectivity index (χ3n) is 5.90. The van der Waals surface area contributed by atoms with Gasteiger partial charge in [-0.05, 0) is 72.2 Å². The van der Waals surface area contributed by atoms with E-state index in [2.05, 4.69) is 44.5 Å². The standard InChI is InChI=1S/C24H28N2O2S2/c1-15-9-11-29-20(15)14-26-23-21(22(27)25-13-17-6-5-10-28-17)18-8-7-16(24(2,3)4)12-19(18)30-23/h5-6,9-11,14,16H,7-8,12-13H2,1-4H3,(H,25,27)/t16-/m1/s1. The highest BCUT2D eigenvalue weighted by atomic mass is 32.1. The molecule has 0 bridgehead atoms. The molecule has 1 aliphatic carbocycles. The Labute approximate surface area is 186 Å². The maximum absolute atomic E-state index is 13.2. The van der Waals surface area contributed by atoms with Gasteiger partial charge in [0.1, 0.15) is 10.8 Å². The Balaban J connectivity index is 1.65. The summed E-state index contributed by atoms with van der Waals surface area (Å²) in [6, 6.07) is 5.80. The van der Waals surface area contributed by atoms with Gasteiger partial charge in [0, 0.05) is 16.0 Å². The molecule has 0 radical (unpaired) electrons. The van der Waals surface area contributed by atoms with Gasteiger partial charge in [-0.1, -0.05) is 20.8 Å². The number of carbonyl (C=O) groups is 1. The molecule has 0 saturated heterocycles. The van der Waals surface area contributed by atoms with Crippen molar-refractivity contribution in [3.05, 3.63) is 62.0 Å². The lowest BCUT2D eigenvalue weighted by Crippen LogP contribution is -2.28. The highest BCUT2D eigenvalue weighted by Crippen LogP contribution is 2.45. The largest absolute Gasteiger partial charge is 0.467 e. The molecule has 1 atom stereocenters. The summed E-state index contributed by atoms with van der Waals surface area (Å²) in [5.74, 6) is 1.31. The molecular weight excluding hydrogens is 412 g/mol. The Hall–Kier alpha value is -2.18. The predicted octanol–water partition coefficient (Wildman–Crippen LogP) is 6.54. The fourth-order valence-corrected chi connectivity index (χ4v) is 5.99. The lowest BCUT2D eigenvalue weighted by Gasteiger charge is -2.33. The Morgan fingerprint density at radius 1 is 1.37 bits per heavy atom. The van der Waals surface area contributed by atoms with E-state index in [9.17, 15) is 4.79 Å². The molecule has 0 fully saturated rings. The average molecular weight is 441 g/mol. The Bertz CT molecular complexity index is 1050. The van der Waals surface area contributed by atoms with E-state index in [0.717, 1.165) is 40.5 Å². The van der Waals surface area contributed by atoms with Crippen LogP contribution in [-0.4, -0.2) is 12.1 Å². The van der Waals surface area contributed by atoms with Gasteiger partial charge >= 0.3 is 0 Å². The number of aryl methyl sites for hydroxylation is 1. The zero-order chi connectivity index (χ0) is 21.3. The van der Waals surface area contributed by atoms with Gasteiger partial charge in [0.15, 0.2) is 0 Å². The molecule has 0 spiro atoms. The van der Waals surface area contributed by atoms with E-state index in [0.29, 0.717) is 12.5 Å². The zero-order valence-electron chi connectivity index (χ0n) is 18.0. The van der Waals surface area contributed by atoms with Gasteiger partial charge in [-0.2, -0.15) is 0 Å². The third kappa shape index (κ3) is 4.44. The zero-order valence-corrected chi connectivity index (χ0v) is 19.6. The number of fused-ring (bicyclic) bond motifs is 1. The molecule has 1 aliphatic rings. The van der Waals surface area contributed by atoms with Crippen LogP contribution in [0.5, 0.6) is 0 Å². The minimum atomic E-state index is -0.0619. The average Bonchev–Trinajstić information content (AvgIpc) is 3.43. The molecule has 1 amide bonds. The van der Waals surface area contributed by atoms with Crippen LogP contribution in [0.25, 0.3) is 0 Å². The number of thiophene rings is 2. The number of furan rings is 1. The first kappa shape index (κ1) is 21.1. The van der Waals surface area contributed by atoms with Crippen molar-refractivity contribution in [2.45, 2.75) is 53.5 Å². The summed E-state index contributed by atoms with van der Waals surface area (Å²) in [5.41, 5.74) is 3.41. The van der Waals surface area contributed by atoms with Crippen LogP contribution in [0.4, 0.5) is 5.00 Å². The first-order valence-corrected chi connectivity index (χ1v) is 12.1. The highest BCUT2D eigenvalue weighted by molar-refractivity contribution is 7.16. The molecule has 3 aromatic heterocycles. The van der Waals surface area contributed by atoms with Crippen molar-refractivity contribution in [2.24, 2.45) is 16.3 Å². The van der Waals surface area contributed by atoms with Crippen LogP contribution < -0.4 is 5.32 Å². The van der Waals surface area contributed by atoms with Crippen LogP contribution >= 0.6 is 22.7 Å². The molecule has 6 heteroatoms.